The predicted molar refractivity (Wildman–Crippen MR) is 136 cm³/mol. The first kappa shape index (κ1) is 25.5. The maximum atomic E-state index is 13.0. The molecule has 2 N–H and O–H groups in total. The van der Waals surface area contributed by atoms with Crippen molar-refractivity contribution in [3.05, 3.63) is 82.4 Å². The van der Waals surface area contributed by atoms with E-state index in [0.717, 1.165) is 21.7 Å². The first-order valence-electron chi connectivity index (χ1n) is 10.0. The van der Waals surface area contributed by atoms with Gasteiger partial charge < -0.3 is 5.32 Å². The molecule has 180 valence electrons. The Morgan fingerprint density at radius 3 is 2.29 bits per heavy atom. The minimum atomic E-state index is -4.08. The Morgan fingerprint density at radius 1 is 0.941 bits per heavy atom. The highest BCUT2D eigenvalue weighted by atomic mass is 35.5. The molecule has 0 radical (unpaired) electrons. The molecule has 3 rings (SSSR count). The molecule has 3 aromatic carbocycles. The third kappa shape index (κ3) is 5.69. The van der Waals surface area contributed by atoms with Gasteiger partial charge in [-0.3, -0.25) is 13.8 Å². The third-order valence-electron chi connectivity index (χ3n) is 5.30. The summed E-state index contributed by atoms with van der Waals surface area (Å²) < 4.78 is 53.3. The van der Waals surface area contributed by atoms with Crippen LogP contribution in [0.25, 0.3) is 0 Å². The average molecular weight is 522 g/mol. The molecule has 0 atom stereocenters. The average Bonchev–Trinajstić information content (AvgIpc) is 2.76. The zero-order valence-corrected chi connectivity index (χ0v) is 21.3. The summed E-state index contributed by atoms with van der Waals surface area (Å²) in [7, 11) is -6.16. The van der Waals surface area contributed by atoms with Crippen molar-refractivity contribution < 1.29 is 21.6 Å². The lowest BCUT2D eigenvalue weighted by atomic mass is 10.1. The number of hydrogen-bond acceptors (Lipinski definition) is 5. The van der Waals surface area contributed by atoms with Crippen molar-refractivity contribution in [2.45, 2.75) is 18.7 Å². The summed E-state index contributed by atoms with van der Waals surface area (Å²) >= 11 is 6.17. The van der Waals surface area contributed by atoms with Crippen LogP contribution in [0.1, 0.15) is 21.5 Å². The number of amides is 1. The minimum Gasteiger partial charge on any atom is -0.322 e. The molecule has 11 heteroatoms. The Kier molecular flexibility index (Phi) is 7.25. The molecule has 0 saturated heterocycles. The van der Waals surface area contributed by atoms with Gasteiger partial charge in [0.05, 0.1) is 22.7 Å². The standard InChI is InChI=1S/C23H24ClN3O5S2/c1-15-7-5-10-21(16(15)2)26-34(31,32)22-13-17(11-12-20(22)24)23(28)25-18-8-6-9-19(14-18)27(3)33(4,29)30/h5-14,26H,1-4H3,(H,25,28). The van der Waals surface area contributed by atoms with Gasteiger partial charge in [-0.1, -0.05) is 29.8 Å². The lowest BCUT2D eigenvalue weighted by molar-refractivity contribution is 0.102. The summed E-state index contributed by atoms with van der Waals surface area (Å²) in [5, 5.41) is 2.61. The molecule has 0 heterocycles. The van der Waals surface area contributed by atoms with Crippen LogP contribution in [0.5, 0.6) is 0 Å². The van der Waals surface area contributed by atoms with Gasteiger partial charge in [-0.05, 0) is 67.4 Å². The highest BCUT2D eigenvalue weighted by Gasteiger charge is 2.22. The summed E-state index contributed by atoms with van der Waals surface area (Å²) in [6.07, 6.45) is 1.07. The number of hydrogen-bond donors (Lipinski definition) is 2. The number of anilines is 3. The summed E-state index contributed by atoms with van der Waals surface area (Å²) in [6.45, 7) is 3.67. The number of carbonyl (C=O) groups excluding carboxylic acids is 1. The SMILES string of the molecule is Cc1cccc(NS(=O)(=O)c2cc(C(=O)Nc3cccc(N(C)S(C)(=O)=O)c3)ccc2Cl)c1C. The number of aryl methyl sites for hydroxylation is 1. The molecule has 0 aliphatic rings. The van der Waals surface area contributed by atoms with Gasteiger partial charge in [0.25, 0.3) is 15.9 Å². The third-order valence-corrected chi connectivity index (χ3v) is 8.35. The molecule has 3 aromatic rings. The van der Waals surface area contributed by atoms with Crippen LogP contribution < -0.4 is 14.3 Å². The van der Waals surface area contributed by atoms with Gasteiger partial charge in [0.1, 0.15) is 4.90 Å². The predicted octanol–water partition coefficient (Wildman–Crippen LogP) is 4.41. The van der Waals surface area contributed by atoms with Gasteiger partial charge in [0, 0.05) is 18.3 Å². The molecule has 0 unspecified atom stereocenters. The number of rotatable bonds is 7. The van der Waals surface area contributed by atoms with Crippen molar-refractivity contribution >= 4 is 54.6 Å². The number of nitrogens with one attached hydrogen (secondary N) is 2. The van der Waals surface area contributed by atoms with E-state index in [1.54, 1.807) is 37.3 Å². The first-order valence-corrected chi connectivity index (χ1v) is 13.7. The molecule has 0 aliphatic carbocycles. The number of benzene rings is 3. The number of sulfonamides is 2. The molecule has 0 aromatic heterocycles. The molecule has 8 nitrogen and oxygen atoms in total. The summed E-state index contributed by atoms with van der Waals surface area (Å²) in [4.78, 5) is 12.6. The molecule has 0 bridgehead atoms. The van der Waals surface area contributed by atoms with Crippen LogP contribution in [-0.2, 0) is 20.0 Å². The van der Waals surface area contributed by atoms with Crippen molar-refractivity contribution in [1.29, 1.82) is 0 Å². The smallest absolute Gasteiger partial charge is 0.263 e. The van der Waals surface area contributed by atoms with Gasteiger partial charge in [-0.15, -0.1) is 0 Å². The van der Waals surface area contributed by atoms with Crippen molar-refractivity contribution in [3.8, 4) is 0 Å². The molecule has 0 spiro atoms. The van der Waals surface area contributed by atoms with E-state index in [4.69, 9.17) is 11.6 Å². The van der Waals surface area contributed by atoms with Crippen LogP contribution in [-0.4, -0.2) is 36.0 Å². The van der Waals surface area contributed by atoms with Gasteiger partial charge >= 0.3 is 0 Å². The fraction of sp³-hybridized carbons (Fsp3) is 0.174. The van der Waals surface area contributed by atoms with E-state index < -0.39 is 26.0 Å². The van der Waals surface area contributed by atoms with E-state index in [9.17, 15) is 21.6 Å². The van der Waals surface area contributed by atoms with E-state index in [2.05, 4.69) is 10.0 Å². The van der Waals surface area contributed by atoms with Crippen molar-refractivity contribution in [3.63, 3.8) is 0 Å². The highest BCUT2D eigenvalue weighted by Crippen LogP contribution is 2.28. The van der Waals surface area contributed by atoms with Crippen molar-refractivity contribution in [2.75, 3.05) is 27.6 Å². The first-order chi connectivity index (χ1) is 15.8. The van der Waals surface area contributed by atoms with Crippen LogP contribution in [0.2, 0.25) is 5.02 Å². The van der Waals surface area contributed by atoms with Crippen LogP contribution in [0.3, 0.4) is 0 Å². The second-order valence-corrected chi connectivity index (χ2v) is 11.8. The Morgan fingerprint density at radius 2 is 1.62 bits per heavy atom. The summed E-state index contributed by atoms with van der Waals surface area (Å²) in [5.41, 5.74) is 2.87. The Bertz CT molecular complexity index is 1470. The van der Waals surface area contributed by atoms with Crippen molar-refractivity contribution in [1.82, 2.24) is 0 Å². The number of halogens is 1. The molecule has 0 aliphatic heterocycles. The molecule has 0 saturated carbocycles. The zero-order valence-electron chi connectivity index (χ0n) is 19.0. The van der Waals surface area contributed by atoms with E-state index >= 15 is 0 Å². The lowest BCUT2D eigenvalue weighted by Crippen LogP contribution is -2.24. The second-order valence-electron chi connectivity index (χ2n) is 7.73. The zero-order chi connectivity index (χ0) is 25.3. The molecule has 0 fully saturated rings. The molecule has 34 heavy (non-hydrogen) atoms. The molecular formula is C23H24ClN3O5S2. The minimum absolute atomic E-state index is 0.0360. The fourth-order valence-electron chi connectivity index (χ4n) is 3.09. The Balaban J connectivity index is 1.89. The highest BCUT2D eigenvalue weighted by molar-refractivity contribution is 7.93. The Hall–Kier alpha value is -3.08. The van der Waals surface area contributed by atoms with Crippen LogP contribution in [0.4, 0.5) is 17.1 Å². The van der Waals surface area contributed by atoms with Crippen molar-refractivity contribution in [2.24, 2.45) is 0 Å². The van der Waals surface area contributed by atoms with Crippen LogP contribution in [0, 0.1) is 13.8 Å². The monoisotopic (exact) mass is 521 g/mol. The van der Waals surface area contributed by atoms with Gasteiger partial charge in [0.15, 0.2) is 0 Å². The maximum Gasteiger partial charge on any atom is 0.263 e. The quantitative estimate of drug-likeness (QED) is 0.478. The summed E-state index contributed by atoms with van der Waals surface area (Å²) in [5.74, 6) is -0.584. The lowest BCUT2D eigenvalue weighted by Gasteiger charge is -2.17. The summed E-state index contributed by atoms with van der Waals surface area (Å²) in [6, 6.07) is 15.4. The van der Waals surface area contributed by atoms with Gasteiger partial charge in [-0.2, -0.15) is 0 Å². The topological polar surface area (TPSA) is 113 Å². The second kappa shape index (κ2) is 9.65. The van der Waals surface area contributed by atoms with Gasteiger partial charge in [-0.25, -0.2) is 16.8 Å². The van der Waals surface area contributed by atoms with Crippen LogP contribution in [0.15, 0.2) is 65.6 Å². The number of carbonyl (C=O) groups is 1. The van der Waals surface area contributed by atoms with E-state index in [-0.39, 0.29) is 15.5 Å². The van der Waals surface area contributed by atoms with E-state index in [1.807, 2.05) is 13.0 Å². The fourth-order valence-corrected chi connectivity index (χ4v) is 5.23. The maximum absolute atomic E-state index is 13.0. The van der Waals surface area contributed by atoms with E-state index in [0.29, 0.717) is 17.1 Å². The Labute approximate surface area is 204 Å². The largest absolute Gasteiger partial charge is 0.322 e. The number of nitrogens with zero attached hydrogens (tertiary/aromatic N) is 1. The normalized spacial score (nSPS) is 11.7. The van der Waals surface area contributed by atoms with E-state index in [1.165, 1.54) is 31.3 Å². The molecular weight excluding hydrogens is 498 g/mol. The van der Waals surface area contributed by atoms with Crippen LogP contribution >= 0.6 is 11.6 Å². The van der Waals surface area contributed by atoms with Gasteiger partial charge in [0.2, 0.25) is 10.0 Å². The molecule has 1 amide bonds.